The van der Waals surface area contributed by atoms with Crippen LogP contribution in [0.3, 0.4) is 0 Å². The highest BCUT2D eigenvalue weighted by Gasteiger charge is 2.26. The van der Waals surface area contributed by atoms with Crippen LogP contribution < -0.4 is 5.32 Å². The summed E-state index contributed by atoms with van der Waals surface area (Å²) in [7, 11) is 0. The van der Waals surface area contributed by atoms with Crippen LogP contribution in [-0.2, 0) is 4.79 Å². The molecule has 1 N–H and O–H groups in total. The van der Waals surface area contributed by atoms with Gasteiger partial charge in [0.1, 0.15) is 11.5 Å². The molecule has 2 aromatic rings. The van der Waals surface area contributed by atoms with Crippen LogP contribution in [0.15, 0.2) is 28.7 Å². The Morgan fingerprint density at radius 2 is 2.17 bits per heavy atom. The second kappa shape index (κ2) is 7.21. The van der Waals surface area contributed by atoms with E-state index in [-0.39, 0.29) is 17.9 Å². The van der Waals surface area contributed by atoms with Crippen molar-refractivity contribution in [2.45, 2.75) is 39.2 Å². The third-order valence-corrected chi connectivity index (χ3v) is 5.28. The molecular formula is C18H22N2O3S. The van der Waals surface area contributed by atoms with Gasteiger partial charge in [0.2, 0.25) is 5.91 Å². The minimum absolute atomic E-state index is 0.0324. The molecule has 1 unspecified atom stereocenters. The Morgan fingerprint density at radius 1 is 1.33 bits per heavy atom. The first kappa shape index (κ1) is 16.8. The third kappa shape index (κ3) is 3.70. The lowest BCUT2D eigenvalue weighted by atomic mass is 10.1. The largest absolute Gasteiger partial charge is 0.461 e. The number of likely N-dealkylation sites (tertiary alicyclic amines) is 1. The van der Waals surface area contributed by atoms with Crippen molar-refractivity contribution in [3.8, 4) is 10.6 Å². The number of thiophene rings is 1. The van der Waals surface area contributed by atoms with Crippen molar-refractivity contribution < 1.29 is 14.0 Å². The maximum absolute atomic E-state index is 12.7. The molecule has 1 atom stereocenters. The second-order valence-electron chi connectivity index (χ2n) is 6.09. The van der Waals surface area contributed by atoms with E-state index >= 15 is 0 Å². The van der Waals surface area contributed by atoms with Gasteiger partial charge in [-0.2, -0.15) is 0 Å². The Morgan fingerprint density at radius 3 is 2.88 bits per heavy atom. The molecule has 3 heterocycles. The van der Waals surface area contributed by atoms with E-state index < -0.39 is 0 Å². The number of hydrogen-bond donors (Lipinski definition) is 1. The number of furan rings is 1. The number of aryl methyl sites for hydroxylation is 1. The molecule has 24 heavy (non-hydrogen) atoms. The maximum atomic E-state index is 12.7. The lowest BCUT2D eigenvalue weighted by Gasteiger charge is -2.32. The molecule has 1 fully saturated rings. The van der Waals surface area contributed by atoms with Gasteiger partial charge >= 0.3 is 0 Å². The van der Waals surface area contributed by atoms with Crippen molar-refractivity contribution in [2.24, 2.45) is 0 Å². The number of amides is 2. The van der Waals surface area contributed by atoms with Crippen LogP contribution in [-0.4, -0.2) is 35.8 Å². The van der Waals surface area contributed by atoms with Crippen LogP contribution in [0.1, 0.15) is 41.6 Å². The molecular weight excluding hydrogens is 324 g/mol. The van der Waals surface area contributed by atoms with Crippen molar-refractivity contribution in [3.05, 3.63) is 34.9 Å². The number of hydrogen-bond acceptors (Lipinski definition) is 4. The second-order valence-corrected chi connectivity index (χ2v) is 7.17. The molecule has 0 aliphatic carbocycles. The molecule has 1 saturated heterocycles. The van der Waals surface area contributed by atoms with Gasteiger partial charge < -0.3 is 14.6 Å². The summed E-state index contributed by atoms with van der Waals surface area (Å²) in [6, 6.07) is 7.68. The van der Waals surface area contributed by atoms with E-state index in [2.05, 4.69) is 5.32 Å². The molecule has 6 heteroatoms. The normalized spacial score (nSPS) is 17.8. The highest BCUT2D eigenvalue weighted by Crippen LogP contribution is 2.30. The van der Waals surface area contributed by atoms with Gasteiger partial charge in [0, 0.05) is 25.6 Å². The SMILES string of the molecule is CCC(=O)NC1CCCN(C(=O)c2ccc(-c3ccc(C)o3)s2)C1. The molecule has 1 aliphatic rings. The predicted octanol–water partition coefficient (Wildman–Crippen LogP) is 3.45. The van der Waals surface area contributed by atoms with Crippen molar-refractivity contribution in [2.75, 3.05) is 13.1 Å². The summed E-state index contributed by atoms with van der Waals surface area (Å²) in [6.07, 6.45) is 2.31. The Balaban J connectivity index is 1.67. The molecule has 0 saturated carbocycles. The van der Waals surface area contributed by atoms with Gasteiger partial charge in [0.25, 0.3) is 5.91 Å². The first-order valence-electron chi connectivity index (χ1n) is 8.32. The van der Waals surface area contributed by atoms with Crippen LogP contribution in [0.2, 0.25) is 0 Å². The van der Waals surface area contributed by atoms with E-state index in [0.717, 1.165) is 35.8 Å². The van der Waals surface area contributed by atoms with Gasteiger partial charge in [-0.1, -0.05) is 6.92 Å². The average molecular weight is 346 g/mol. The van der Waals surface area contributed by atoms with Crippen LogP contribution in [0.5, 0.6) is 0 Å². The fourth-order valence-corrected chi connectivity index (χ4v) is 3.85. The zero-order chi connectivity index (χ0) is 17.1. The first-order chi connectivity index (χ1) is 11.6. The minimum atomic E-state index is 0.0324. The maximum Gasteiger partial charge on any atom is 0.264 e. The number of nitrogens with zero attached hydrogens (tertiary/aromatic N) is 1. The summed E-state index contributed by atoms with van der Waals surface area (Å²) in [6.45, 7) is 5.06. The van der Waals surface area contributed by atoms with E-state index in [9.17, 15) is 9.59 Å². The smallest absolute Gasteiger partial charge is 0.264 e. The van der Waals surface area contributed by atoms with E-state index in [1.165, 1.54) is 11.3 Å². The lowest BCUT2D eigenvalue weighted by Crippen LogP contribution is -2.49. The van der Waals surface area contributed by atoms with Crippen LogP contribution in [0, 0.1) is 6.92 Å². The van der Waals surface area contributed by atoms with Crippen molar-refractivity contribution >= 4 is 23.2 Å². The van der Waals surface area contributed by atoms with E-state index in [4.69, 9.17) is 4.42 Å². The van der Waals surface area contributed by atoms with Crippen molar-refractivity contribution in [1.29, 1.82) is 0 Å². The highest BCUT2D eigenvalue weighted by atomic mass is 32.1. The molecule has 2 aromatic heterocycles. The van der Waals surface area contributed by atoms with Crippen LogP contribution >= 0.6 is 11.3 Å². The average Bonchev–Trinajstić information content (AvgIpc) is 3.23. The molecule has 3 rings (SSSR count). The molecule has 2 amide bonds. The Labute approximate surface area is 145 Å². The standard InChI is InChI=1S/C18H22N2O3S/c1-3-17(21)19-13-5-4-10-20(11-13)18(22)16-9-8-15(24-16)14-7-6-12(2)23-14/h6-9,13H,3-5,10-11H2,1-2H3,(H,19,21). The van der Waals surface area contributed by atoms with Crippen molar-refractivity contribution in [1.82, 2.24) is 10.2 Å². The zero-order valence-electron chi connectivity index (χ0n) is 14.0. The van der Waals surface area contributed by atoms with Crippen LogP contribution in [0.4, 0.5) is 0 Å². The first-order valence-corrected chi connectivity index (χ1v) is 9.13. The zero-order valence-corrected chi connectivity index (χ0v) is 14.8. The minimum Gasteiger partial charge on any atom is -0.461 e. The Hall–Kier alpha value is -2.08. The Bertz CT molecular complexity index is 734. The lowest BCUT2D eigenvalue weighted by molar-refractivity contribution is -0.121. The Kier molecular flexibility index (Phi) is 5.04. The summed E-state index contributed by atoms with van der Waals surface area (Å²) in [5.74, 6) is 1.73. The van der Waals surface area contributed by atoms with E-state index in [0.29, 0.717) is 17.8 Å². The highest BCUT2D eigenvalue weighted by molar-refractivity contribution is 7.17. The molecule has 128 valence electrons. The molecule has 0 radical (unpaired) electrons. The summed E-state index contributed by atoms with van der Waals surface area (Å²) in [4.78, 5) is 27.8. The van der Waals surface area contributed by atoms with Gasteiger partial charge in [-0.05, 0) is 44.0 Å². The number of nitrogens with one attached hydrogen (secondary N) is 1. The van der Waals surface area contributed by atoms with E-state index in [1.54, 1.807) is 0 Å². The predicted molar refractivity (Wildman–Crippen MR) is 94.1 cm³/mol. The topological polar surface area (TPSA) is 62.6 Å². The molecule has 0 bridgehead atoms. The van der Waals surface area contributed by atoms with Gasteiger partial charge in [-0.15, -0.1) is 11.3 Å². The summed E-state index contributed by atoms with van der Waals surface area (Å²) in [5, 5.41) is 2.99. The molecule has 1 aliphatic heterocycles. The van der Waals surface area contributed by atoms with Gasteiger partial charge in [-0.3, -0.25) is 9.59 Å². The van der Waals surface area contributed by atoms with Crippen molar-refractivity contribution in [3.63, 3.8) is 0 Å². The number of carbonyl (C=O) groups excluding carboxylic acids is 2. The monoisotopic (exact) mass is 346 g/mol. The fourth-order valence-electron chi connectivity index (χ4n) is 2.92. The molecule has 0 aromatic carbocycles. The van der Waals surface area contributed by atoms with Gasteiger partial charge in [0.05, 0.1) is 9.75 Å². The molecule has 5 nitrogen and oxygen atoms in total. The third-order valence-electron chi connectivity index (χ3n) is 4.19. The van der Waals surface area contributed by atoms with E-state index in [1.807, 2.05) is 43.0 Å². The number of piperidine rings is 1. The van der Waals surface area contributed by atoms with Gasteiger partial charge in [-0.25, -0.2) is 0 Å². The quantitative estimate of drug-likeness (QED) is 0.922. The summed E-state index contributed by atoms with van der Waals surface area (Å²) >= 11 is 1.45. The fraction of sp³-hybridized carbons (Fsp3) is 0.444. The molecule has 0 spiro atoms. The summed E-state index contributed by atoms with van der Waals surface area (Å²) < 4.78 is 5.62. The number of carbonyl (C=O) groups is 2. The summed E-state index contributed by atoms with van der Waals surface area (Å²) in [5.41, 5.74) is 0. The van der Waals surface area contributed by atoms with Gasteiger partial charge in [0.15, 0.2) is 0 Å². The van der Waals surface area contributed by atoms with Crippen LogP contribution in [0.25, 0.3) is 10.6 Å². The number of rotatable bonds is 4.